The highest BCUT2D eigenvalue weighted by atomic mass is 16.2. The lowest BCUT2D eigenvalue weighted by Gasteiger charge is -2.20. The van der Waals surface area contributed by atoms with Gasteiger partial charge in [-0.05, 0) is 41.5 Å². The lowest BCUT2D eigenvalue weighted by Crippen LogP contribution is -2.46. The first kappa shape index (κ1) is 24.8. The summed E-state index contributed by atoms with van der Waals surface area (Å²) in [5.41, 5.74) is -1.43. The summed E-state index contributed by atoms with van der Waals surface area (Å²) in [5, 5.41) is 6.71. The summed E-state index contributed by atoms with van der Waals surface area (Å²) in [7, 11) is 0. The Labute approximate surface area is 207 Å². The Morgan fingerprint density at radius 3 is 1.75 bits per heavy atom. The van der Waals surface area contributed by atoms with Crippen LogP contribution in [0.2, 0.25) is 0 Å². The zero-order valence-corrected chi connectivity index (χ0v) is 21.1. The van der Waals surface area contributed by atoms with Gasteiger partial charge in [0.25, 0.3) is 0 Å². The smallest absolute Gasteiger partial charge is 0.246 e. The van der Waals surface area contributed by atoms with Crippen molar-refractivity contribution in [1.82, 2.24) is 19.2 Å². The summed E-state index contributed by atoms with van der Waals surface area (Å²) in [6.07, 6.45) is 0. The second-order valence-electron chi connectivity index (χ2n) is 10.5. The van der Waals surface area contributed by atoms with Crippen molar-refractivity contribution in [2.24, 2.45) is 5.11 Å². The van der Waals surface area contributed by atoms with Crippen molar-refractivity contribution in [2.75, 3.05) is 0 Å². The minimum absolute atomic E-state index is 0.177. The normalized spacial score (nSPS) is 15.3. The van der Waals surface area contributed by atoms with Gasteiger partial charge in [0.15, 0.2) is 5.70 Å². The number of nitrogens with one attached hydrogen (secondary N) is 1. The van der Waals surface area contributed by atoms with E-state index < -0.39 is 34.5 Å². The van der Waals surface area contributed by atoms with Gasteiger partial charge >= 0.3 is 23.4 Å². The van der Waals surface area contributed by atoms with E-state index in [0.29, 0.717) is 11.1 Å². The van der Waals surface area contributed by atoms with E-state index in [1.165, 1.54) is 0 Å². The van der Waals surface area contributed by atoms with Crippen LogP contribution >= 0.6 is 0 Å². The van der Waals surface area contributed by atoms with Crippen LogP contribution in [0.5, 0.6) is 0 Å². The van der Waals surface area contributed by atoms with E-state index in [-0.39, 0.29) is 11.4 Å². The molecule has 0 spiro atoms. The van der Waals surface area contributed by atoms with Crippen molar-refractivity contribution >= 4 is 23.5 Å². The predicted octanol–water partition coefficient (Wildman–Crippen LogP) is 4.29. The lowest BCUT2D eigenvalue weighted by molar-refractivity contribution is -0.392. The van der Waals surface area contributed by atoms with Crippen molar-refractivity contribution in [3.05, 3.63) is 92.8 Å². The van der Waals surface area contributed by atoms with Gasteiger partial charge in [-0.1, -0.05) is 65.4 Å². The highest BCUT2D eigenvalue weighted by Gasteiger charge is 2.52. The highest BCUT2D eigenvalue weighted by molar-refractivity contribution is 5.98. The molecule has 2 aromatic carbocycles. The van der Waals surface area contributed by atoms with Crippen LogP contribution in [0, 0.1) is 0 Å². The van der Waals surface area contributed by atoms with Gasteiger partial charge in [0.05, 0.1) is 0 Å². The number of aromatic amines is 1. The topological polar surface area (TPSA) is 113 Å². The van der Waals surface area contributed by atoms with E-state index in [0.717, 1.165) is 18.8 Å². The first-order valence-electron chi connectivity index (χ1n) is 11.5. The van der Waals surface area contributed by atoms with Crippen LogP contribution in [-0.2, 0) is 5.54 Å². The molecule has 0 aliphatic carbocycles. The molecule has 0 fully saturated rings. The van der Waals surface area contributed by atoms with E-state index in [1.54, 1.807) is 90.1 Å². The number of azo groups is 2. The zero-order chi connectivity index (χ0) is 26.4. The molecule has 10 heteroatoms. The molecule has 0 radical (unpaired) electrons. The van der Waals surface area contributed by atoms with E-state index in [9.17, 15) is 19.2 Å². The number of benzene rings is 2. The average molecular weight is 490 g/mol. The Bertz CT molecular complexity index is 1510. The van der Waals surface area contributed by atoms with Crippen molar-refractivity contribution in [2.45, 2.75) is 52.6 Å². The number of imide groups is 1. The summed E-state index contributed by atoms with van der Waals surface area (Å²) in [4.78, 5) is 54.1. The molecule has 4 amide bonds. The van der Waals surface area contributed by atoms with Gasteiger partial charge in [0.2, 0.25) is 0 Å². The maximum atomic E-state index is 13.6. The van der Waals surface area contributed by atoms with Gasteiger partial charge in [-0.15, -0.1) is 4.90 Å². The van der Waals surface area contributed by atoms with Crippen molar-refractivity contribution in [1.29, 1.82) is 0 Å². The molecule has 0 bridgehead atoms. The molecule has 36 heavy (non-hydrogen) atoms. The fraction of sp³-hybridized carbons (Fsp3) is 0.308. The number of carbonyl (C=O) groups excluding carboxylic acids is 2. The number of rotatable bonds is 4. The second-order valence-corrected chi connectivity index (χ2v) is 10.5. The maximum Gasteiger partial charge on any atom is 0.529 e. The SMILES string of the molecule is CC(C)(C)N1C(=O)N=[N+](/C(=C(/c2ccccc2)n2[nH]c(=O)n(C(C)(C)C)c2=O)c2ccccc2)C1=O. The molecule has 1 N–H and O–H groups in total. The van der Waals surface area contributed by atoms with Crippen LogP contribution in [0.3, 0.4) is 0 Å². The van der Waals surface area contributed by atoms with Gasteiger partial charge in [-0.2, -0.15) is 9.48 Å². The van der Waals surface area contributed by atoms with Gasteiger partial charge in [0.1, 0.15) is 11.2 Å². The van der Waals surface area contributed by atoms with E-state index in [1.807, 2.05) is 12.1 Å². The molecular weight excluding hydrogens is 460 g/mol. The van der Waals surface area contributed by atoms with Gasteiger partial charge in [-0.25, -0.2) is 24.0 Å². The van der Waals surface area contributed by atoms with Crippen molar-refractivity contribution < 1.29 is 14.3 Å². The molecule has 0 atom stereocenters. The quantitative estimate of drug-likeness (QED) is 0.435. The number of urea groups is 2. The third-order valence-electron chi connectivity index (χ3n) is 5.64. The van der Waals surface area contributed by atoms with E-state index >= 15 is 0 Å². The van der Waals surface area contributed by atoms with Gasteiger partial charge in [0, 0.05) is 21.8 Å². The van der Waals surface area contributed by atoms with E-state index in [4.69, 9.17) is 0 Å². The Balaban J connectivity index is 2.15. The Hall–Kier alpha value is -4.34. The Kier molecular flexibility index (Phi) is 5.99. The molecule has 1 aliphatic rings. The summed E-state index contributed by atoms with van der Waals surface area (Å²) in [6.45, 7) is 10.4. The molecule has 1 aromatic heterocycles. The summed E-state index contributed by atoms with van der Waals surface area (Å²) < 4.78 is 3.22. The molecule has 4 rings (SSSR count). The largest absolute Gasteiger partial charge is 0.529 e. The fourth-order valence-electron chi connectivity index (χ4n) is 4.12. The third kappa shape index (κ3) is 4.26. The van der Waals surface area contributed by atoms with Gasteiger partial charge in [-0.3, -0.25) is 0 Å². The standard InChI is InChI=1S/C26H28N6O4/c1-25(2,3)29-21(33)27-31(23(29)35)19(17-13-9-7-10-14-17)20(18-15-11-8-12-16-18)32-24(36)30(22(34)28-32)26(4,5)6/h7-16H,1-6H3/p+1/b20-19-. The van der Waals surface area contributed by atoms with E-state index in [2.05, 4.69) is 10.2 Å². The molecule has 186 valence electrons. The molecule has 1 aliphatic heterocycles. The van der Waals surface area contributed by atoms with Crippen LogP contribution in [0.4, 0.5) is 9.59 Å². The minimum Gasteiger partial charge on any atom is -0.246 e. The number of hydrogen-bond acceptors (Lipinski definition) is 4. The summed E-state index contributed by atoms with van der Waals surface area (Å²) in [6, 6.07) is 16.3. The first-order chi connectivity index (χ1) is 16.8. The Morgan fingerprint density at radius 2 is 1.31 bits per heavy atom. The zero-order valence-electron chi connectivity index (χ0n) is 21.1. The number of nitrogens with zero attached hydrogens (tertiary/aromatic N) is 5. The van der Waals surface area contributed by atoms with Crippen LogP contribution in [0.25, 0.3) is 11.4 Å². The minimum atomic E-state index is -0.832. The monoisotopic (exact) mass is 489 g/mol. The number of aromatic nitrogens is 3. The number of carbonyl (C=O) groups is 2. The molecule has 2 heterocycles. The third-order valence-corrected chi connectivity index (χ3v) is 5.64. The molecule has 0 saturated carbocycles. The fourth-order valence-corrected chi connectivity index (χ4v) is 4.12. The molecule has 10 nitrogen and oxygen atoms in total. The highest BCUT2D eigenvalue weighted by Crippen LogP contribution is 2.32. The average Bonchev–Trinajstić information content (AvgIpc) is 3.26. The molecular formula is C26H29N6O4+. The first-order valence-corrected chi connectivity index (χ1v) is 11.5. The predicted molar refractivity (Wildman–Crippen MR) is 134 cm³/mol. The lowest BCUT2D eigenvalue weighted by atomic mass is 10.0. The number of amides is 4. The van der Waals surface area contributed by atoms with Crippen LogP contribution in [0.15, 0.2) is 75.4 Å². The molecule has 3 aromatic rings. The van der Waals surface area contributed by atoms with Gasteiger partial charge < -0.3 is 0 Å². The van der Waals surface area contributed by atoms with Crippen LogP contribution < -0.4 is 11.4 Å². The molecule has 0 unspecified atom stereocenters. The maximum absolute atomic E-state index is 13.6. The summed E-state index contributed by atoms with van der Waals surface area (Å²) >= 11 is 0. The number of hydrogen-bond donors (Lipinski definition) is 1. The molecule has 0 saturated heterocycles. The van der Waals surface area contributed by atoms with Crippen molar-refractivity contribution in [3.63, 3.8) is 0 Å². The van der Waals surface area contributed by atoms with Crippen LogP contribution in [0.1, 0.15) is 52.7 Å². The second kappa shape index (κ2) is 8.71. The summed E-state index contributed by atoms with van der Waals surface area (Å²) in [5.74, 6) is 0. The van der Waals surface area contributed by atoms with Crippen molar-refractivity contribution in [3.8, 4) is 0 Å². The number of H-pyrrole nitrogens is 1. The Morgan fingerprint density at radius 1 is 0.778 bits per heavy atom. The van der Waals surface area contributed by atoms with Crippen LogP contribution in [-0.4, -0.2) is 41.5 Å².